The molecule has 0 unspecified atom stereocenters. The van der Waals surface area contributed by atoms with Crippen LogP contribution in [-0.4, -0.2) is 18.2 Å². The van der Waals surface area contributed by atoms with Crippen molar-refractivity contribution in [2.45, 2.75) is 45.1 Å². The molecule has 0 atom stereocenters. The van der Waals surface area contributed by atoms with Crippen molar-refractivity contribution in [2.75, 3.05) is 4.72 Å². The minimum Gasteiger partial charge on any atom is -0.279 e. The van der Waals surface area contributed by atoms with Gasteiger partial charge in [-0.2, -0.15) is 5.10 Å². The van der Waals surface area contributed by atoms with Crippen molar-refractivity contribution < 1.29 is 8.42 Å². The summed E-state index contributed by atoms with van der Waals surface area (Å²) in [6.07, 6.45) is 1.57. The Morgan fingerprint density at radius 1 is 1.29 bits per heavy atom. The van der Waals surface area contributed by atoms with Gasteiger partial charge in [0, 0.05) is 12.7 Å². The van der Waals surface area contributed by atoms with Crippen molar-refractivity contribution in [1.29, 1.82) is 0 Å². The molecule has 114 valence electrons. The van der Waals surface area contributed by atoms with Gasteiger partial charge in [0.15, 0.2) is 0 Å². The fraction of sp³-hybridized carbons (Fsp3) is 0.400. The number of sulfonamides is 1. The highest BCUT2D eigenvalue weighted by atomic mass is 32.2. The molecule has 2 aromatic rings. The Bertz CT molecular complexity index is 733. The Hall–Kier alpha value is -1.82. The van der Waals surface area contributed by atoms with Gasteiger partial charge in [0.1, 0.15) is 4.90 Å². The summed E-state index contributed by atoms with van der Waals surface area (Å²) in [4.78, 5) is 0.225. The molecule has 1 N–H and O–H groups in total. The number of hydrogen-bond donors (Lipinski definition) is 1. The molecule has 5 nitrogen and oxygen atoms in total. The number of benzene rings is 1. The van der Waals surface area contributed by atoms with Crippen molar-refractivity contribution >= 4 is 15.7 Å². The zero-order valence-electron chi connectivity index (χ0n) is 12.8. The van der Waals surface area contributed by atoms with Gasteiger partial charge in [-0.1, -0.05) is 32.0 Å². The van der Waals surface area contributed by atoms with Gasteiger partial charge < -0.3 is 0 Å². The molecular formula is C15H21N3O2S. The van der Waals surface area contributed by atoms with Gasteiger partial charge >= 0.3 is 0 Å². The van der Waals surface area contributed by atoms with Gasteiger partial charge in [-0.3, -0.25) is 9.40 Å². The Morgan fingerprint density at radius 2 is 1.95 bits per heavy atom. The third kappa shape index (κ3) is 3.26. The summed E-state index contributed by atoms with van der Waals surface area (Å²) in [6.45, 7) is 8.33. The zero-order valence-corrected chi connectivity index (χ0v) is 13.6. The van der Waals surface area contributed by atoms with Crippen LogP contribution in [0, 0.1) is 6.92 Å². The predicted molar refractivity (Wildman–Crippen MR) is 84.0 cm³/mol. The van der Waals surface area contributed by atoms with Crippen molar-refractivity contribution in [3.63, 3.8) is 0 Å². The predicted octanol–water partition coefficient (Wildman–Crippen LogP) is 3.14. The van der Waals surface area contributed by atoms with E-state index < -0.39 is 10.0 Å². The van der Waals surface area contributed by atoms with Gasteiger partial charge in [0.2, 0.25) is 0 Å². The lowest BCUT2D eigenvalue weighted by molar-refractivity contribution is 0.600. The van der Waals surface area contributed by atoms with Gasteiger partial charge in [-0.15, -0.1) is 0 Å². The molecule has 0 spiro atoms. The van der Waals surface area contributed by atoms with Crippen molar-refractivity contribution in [3.05, 3.63) is 41.7 Å². The summed E-state index contributed by atoms with van der Waals surface area (Å²) in [6, 6.07) is 7.46. The number of nitrogens with zero attached hydrogens (tertiary/aromatic N) is 2. The molecule has 0 saturated carbocycles. The highest BCUT2D eigenvalue weighted by molar-refractivity contribution is 7.92. The normalized spacial score (nSPS) is 11.9. The van der Waals surface area contributed by atoms with E-state index in [1.165, 1.54) is 0 Å². The van der Waals surface area contributed by atoms with E-state index in [2.05, 4.69) is 9.82 Å². The van der Waals surface area contributed by atoms with Crippen molar-refractivity contribution in [3.8, 4) is 0 Å². The Balaban J connectivity index is 2.40. The maximum absolute atomic E-state index is 12.6. The third-order valence-electron chi connectivity index (χ3n) is 3.34. The van der Waals surface area contributed by atoms with E-state index in [4.69, 9.17) is 0 Å². The van der Waals surface area contributed by atoms with E-state index in [0.717, 1.165) is 5.56 Å². The van der Waals surface area contributed by atoms with E-state index >= 15 is 0 Å². The van der Waals surface area contributed by atoms with Crippen LogP contribution in [0.15, 0.2) is 35.4 Å². The van der Waals surface area contributed by atoms with E-state index in [1.807, 2.05) is 39.0 Å². The zero-order chi connectivity index (χ0) is 15.6. The minimum absolute atomic E-state index is 0.225. The lowest BCUT2D eigenvalue weighted by Gasteiger charge is -2.14. The number of anilines is 1. The molecule has 0 amide bonds. The summed E-state index contributed by atoms with van der Waals surface area (Å²) in [5, 5.41) is 4.19. The molecule has 1 aromatic heterocycles. The molecule has 6 heteroatoms. The Labute approximate surface area is 126 Å². The topological polar surface area (TPSA) is 64.0 Å². The third-order valence-corrected chi connectivity index (χ3v) is 4.81. The summed E-state index contributed by atoms with van der Waals surface area (Å²) < 4.78 is 29.4. The molecule has 0 fully saturated rings. The molecule has 1 aromatic carbocycles. The SMILES string of the molecule is CCn1cc(S(=O)(=O)Nc2ccccc2C(C)C)c(C)n1. The summed E-state index contributed by atoms with van der Waals surface area (Å²) >= 11 is 0. The van der Waals surface area contributed by atoms with Crippen LogP contribution in [0.3, 0.4) is 0 Å². The molecule has 0 aliphatic heterocycles. The second kappa shape index (κ2) is 5.89. The lowest BCUT2D eigenvalue weighted by atomic mass is 10.0. The molecule has 2 rings (SSSR count). The molecule has 0 bridgehead atoms. The first-order valence-corrected chi connectivity index (χ1v) is 8.49. The highest BCUT2D eigenvalue weighted by Crippen LogP contribution is 2.26. The van der Waals surface area contributed by atoms with Gasteiger partial charge in [-0.05, 0) is 31.4 Å². The number of aryl methyl sites for hydroxylation is 2. The molecule has 0 aliphatic rings. The minimum atomic E-state index is -3.62. The second-order valence-corrected chi connectivity index (χ2v) is 6.93. The standard InChI is InChI=1S/C15H21N3O2S/c1-5-18-10-15(12(4)16-18)21(19,20)17-14-9-7-6-8-13(14)11(2)3/h6-11,17H,5H2,1-4H3. The molecule has 0 radical (unpaired) electrons. The van der Waals surface area contributed by atoms with E-state index in [9.17, 15) is 8.42 Å². The monoisotopic (exact) mass is 307 g/mol. The van der Waals surface area contributed by atoms with Crippen molar-refractivity contribution in [1.82, 2.24) is 9.78 Å². The van der Waals surface area contributed by atoms with Gasteiger partial charge in [0.05, 0.1) is 11.4 Å². The molecule has 21 heavy (non-hydrogen) atoms. The second-order valence-electron chi connectivity index (χ2n) is 5.28. The molecule has 1 heterocycles. The van der Waals surface area contributed by atoms with Crippen LogP contribution in [-0.2, 0) is 16.6 Å². The molecule has 0 aliphatic carbocycles. The number of hydrogen-bond acceptors (Lipinski definition) is 3. The first-order chi connectivity index (χ1) is 9.85. The van der Waals surface area contributed by atoms with Crippen LogP contribution in [0.4, 0.5) is 5.69 Å². The fourth-order valence-electron chi connectivity index (χ4n) is 2.22. The quantitative estimate of drug-likeness (QED) is 0.923. The number of rotatable bonds is 5. The Kier molecular flexibility index (Phi) is 4.37. The average molecular weight is 307 g/mol. The number of aromatic nitrogens is 2. The van der Waals surface area contributed by atoms with E-state index in [0.29, 0.717) is 17.9 Å². The summed E-state index contributed by atoms with van der Waals surface area (Å²) in [7, 11) is -3.62. The number of nitrogens with one attached hydrogen (secondary N) is 1. The first kappa shape index (κ1) is 15.6. The van der Waals surface area contributed by atoms with Crippen LogP contribution in [0.5, 0.6) is 0 Å². The smallest absolute Gasteiger partial charge is 0.265 e. The van der Waals surface area contributed by atoms with Crippen molar-refractivity contribution in [2.24, 2.45) is 0 Å². The summed E-state index contributed by atoms with van der Waals surface area (Å²) in [5.41, 5.74) is 2.10. The maximum atomic E-state index is 12.6. The maximum Gasteiger partial charge on any atom is 0.265 e. The van der Waals surface area contributed by atoms with Crippen LogP contribution in [0.2, 0.25) is 0 Å². The first-order valence-electron chi connectivity index (χ1n) is 7.01. The number of para-hydroxylation sites is 1. The van der Waals surface area contributed by atoms with Gasteiger partial charge in [-0.25, -0.2) is 8.42 Å². The van der Waals surface area contributed by atoms with Crippen LogP contribution < -0.4 is 4.72 Å². The Morgan fingerprint density at radius 3 is 2.52 bits per heavy atom. The largest absolute Gasteiger partial charge is 0.279 e. The highest BCUT2D eigenvalue weighted by Gasteiger charge is 2.21. The average Bonchev–Trinajstić information content (AvgIpc) is 2.81. The molecular weight excluding hydrogens is 286 g/mol. The van der Waals surface area contributed by atoms with Gasteiger partial charge in [0.25, 0.3) is 10.0 Å². The van der Waals surface area contributed by atoms with Crippen LogP contribution >= 0.6 is 0 Å². The van der Waals surface area contributed by atoms with Crippen LogP contribution in [0.1, 0.15) is 37.9 Å². The van der Waals surface area contributed by atoms with E-state index in [-0.39, 0.29) is 10.8 Å². The summed E-state index contributed by atoms with van der Waals surface area (Å²) in [5.74, 6) is 0.239. The van der Waals surface area contributed by atoms with E-state index in [1.54, 1.807) is 23.9 Å². The fourth-order valence-corrected chi connectivity index (χ4v) is 3.49. The van der Waals surface area contributed by atoms with Crippen LogP contribution in [0.25, 0.3) is 0 Å². The lowest BCUT2D eigenvalue weighted by Crippen LogP contribution is -2.15. The molecule has 0 saturated heterocycles.